The lowest BCUT2D eigenvalue weighted by atomic mass is 9.83. The molecule has 0 aromatic heterocycles. The molecule has 1 aliphatic rings. The molecule has 0 unspecified atom stereocenters. The lowest BCUT2D eigenvalue weighted by molar-refractivity contribution is 0.146. The van der Waals surface area contributed by atoms with Gasteiger partial charge < -0.3 is 5.11 Å². The molecule has 0 saturated heterocycles. The van der Waals surface area contributed by atoms with Crippen LogP contribution in [0, 0.1) is 5.82 Å². The molecule has 3 rings (SSSR count). The second-order valence-electron chi connectivity index (χ2n) is 6.27. The van der Waals surface area contributed by atoms with Crippen molar-refractivity contribution in [3.63, 3.8) is 0 Å². The Morgan fingerprint density at radius 3 is 2.75 bits per heavy atom. The fourth-order valence-corrected chi connectivity index (χ4v) is 3.56. The summed E-state index contributed by atoms with van der Waals surface area (Å²) < 4.78 is 13.8. The molecular weight excluding hydrogens is 305 g/mol. The summed E-state index contributed by atoms with van der Waals surface area (Å²) in [6, 6.07) is 12.1. The SMILES string of the molecule is CC[C@H](O)C[C@@H]1c2ccccc2Cc2ccc(F)cc2[C@@H]1N=[N+]=[N-]. The lowest BCUT2D eigenvalue weighted by Crippen LogP contribution is -2.17. The third kappa shape index (κ3) is 3.14. The van der Waals surface area contributed by atoms with Gasteiger partial charge >= 0.3 is 0 Å². The van der Waals surface area contributed by atoms with Crippen molar-refractivity contribution in [1.29, 1.82) is 0 Å². The maximum Gasteiger partial charge on any atom is 0.123 e. The molecule has 3 atom stereocenters. The summed E-state index contributed by atoms with van der Waals surface area (Å²) in [6.45, 7) is 1.92. The van der Waals surface area contributed by atoms with Gasteiger partial charge in [0, 0.05) is 4.91 Å². The van der Waals surface area contributed by atoms with Gasteiger partial charge in [-0.3, -0.25) is 0 Å². The largest absolute Gasteiger partial charge is 0.393 e. The highest BCUT2D eigenvalue weighted by Gasteiger charge is 2.32. The molecule has 2 aromatic carbocycles. The first kappa shape index (κ1) is 16.5. The summed E-state index contributed by atoms with van der Waals surface area (Å²) in [4.78, 5) is 3.01. The van der Waals surface area contributed by atoms with Crippen molar-refractivity contribution >= 4 is 0 Å². The highest BCUT2D eigenvalue weighted by molar-refractivity contribution is 5.45. The van der Waals surface area contributed by atoms with E-state index in [1.54, 1.807) is 6.07 Å². The summed E-state index contributed by atoms with van der Waals surface area (Å²) in [7, 11) is 0. The van der Waals surface area contributed by atoms with E-state index < -0.39 is 12.1 Å². The van der Waals surface area contributed by atoms with Gasteiger partial charge in [-0.15, -0.1) is 0 Å². The molecule has 0 aliphatic heterocycles. The van der Waals surface area contributed by atoms with Gasteiger partial charge in [-0.1, -0.05) is 42.4 Å². The Morgan fingerprint density at radius 2 is 2.00 bits per heavy atom. The Kier molecular flexibility index (Phi) is 4.84. The highest BCUT2D eigenvalue weighted by atomic mass is 19.1. The van der Waals surface area contributed by atoms with E-state index in [2.05, 4.69) is 10.0 Å². The molecule has 2 aromatic rings. The molecule has 0 saturated carbocycles. The second kappa shape index (κ2) is 7.04. The van der Waals surface area contributed by atoms with E-state index in [4.69, 9.17) is 5.53 Å². The number of aliphatic hydroxyl groups is 1. The summed E-state index contributed by atoms with van der Waals surface area (Å²) in [5.74, 6) is -0.511. The van der Waals surface area contributed by atoms with Crippen LogP contribution in [0.3, 0.4) is 0 Å². The van der Waals surface area contributed by atoms with Crippen molar-refractivity contribution in [3.8, 4) is 0 Å². The zero-order valence-corrected chi connectivity index (χ0v) is 13.6. The van der Waals surface area contributed by atoms with E-state index in [0.717, 1.165) is 22.3 Å². The molecule has 4 nitrogen and oxygen atoms in total. The average Bonchev–Trinajstić information content (AvgIpc) is 2.71. The van der Waals surface area contributed by atoms with Gasteiger partial charge in [-0.25, -0.2) is 4.39 Å². The molecule has 0 spiro atoms. The third-order valence-corrected chi connectivity index (χ3v) is 4.82. The summed E-state index contributed by atoms with van der Waals surface area (Å²) >= 11 is 0. The zero-order chi connectivity index (χ0) is 17.1. The molecule has 24 heavy (non-hydrogen) atoms. The van der Waals surface area contributed by atoms with Gasteiger partial charge in [0.25, 0.3) is 0 Å². The van der Waals surface area contributed by atoms with Crippen molar-refractivity contribution in [1.82, 2.24) is 0 Å². The van der Waals surface area contributed by atoms with Gasteiger partial charge in [0.05, 0.1) is 12.1 Å². The minimum Gasteiger partial charge on any atom is -0.393 e. The van der Waals surface area contributed by atoms with Crippen molar-refractivity contribution < 1.29 is 9.50 Å². The van der Waals surface area contributed by atoms with Crippen LogP contribution in [-0.2, 0) is 6.42 Å². The van der Waals surface area contributed by atoms with Crippen molar-refractivity contribution in [2.75, 3.05) is 0 Å². The topological polar surface area (TPSA) is 69.0 Å². The van der Waals surface area contributed by atoms with E-state index in [-0.39, 0.29) is 11.7 Å². The Balaban J connectivity index is 2.20. The van der Waals surface area contributed by atoms with Crippen molar-refractivity contribution in [3.05, 3.63) is 81.0 Å². The summed E-state index contributed by atoms with van der Waals surface area (Å²) in [6.07, 6.45) is 1.28. The lowest BCUT2D eigenvalue weighted by Gasteiger charge is -2.26. The number of nitrogens with zero attached hydrogens (tertiary/aromatic N) is 3. The van der Waals surface area contributed by atoms with E-state index in [0.29, 0.717) is 19.3 Å². The minimum absolute atomic E-state index is 0.171. The molecule has 0 amide bonds. The van der Waals surface area contributed by atoms with Crippen LogP contribution in [0.15, 0.2) is 47.6 Å². The Hall–Kier alpha value is -2.36. The fraction of sp³-hybridized carbons (Fsp3) is 0.368. The number of azide groups is 1. The quantitative estimate of drug-likeness (QED) is 0.478. The van der Waals surface area contributed by atoms with Gasteiger partial charge in [0.15, 0.2) is 0 Å². The fourth-order valence-electron chi connectivity index (χ4n) is 3.56. The van der Waals surface area contributed by atoms with Crippen LogP contribution in [0.1, 0.15) is 54.0 Å². The number of benzene rings is 2. The Bertz CT molecular complexity index is 786. The van der Waals surface area contributed by atoms with Crippen LogP contribution in [-0.4, -0.2) is 11.2 Å². The summed E-state index contributed by atoms with van der Waals surface area (Å²) in [5.41, 5.74) is 13.0. The molecule has 5 heteroatoms. The molecule has 1 aliphatic carbocycles. The Morgan fingerprint density at radius 1 is 1.25 bits per heavy atom. The number of rotatable bonds is 4. The van der Waals surface area contributed by atoms with Gasteiger partial charge in [-0.05, 0) is 65.1 Å². The predicted octanol–water partition coefficient (Wildman–Crippen LogP) is 5.03. The number of hydrogen-bond donors (Lipinski definition) is 1. The van der Waals surface area contributed by atoms with Crippen LogP contribution in [0.4, 0.5) is 4.39 Å². The van der Waals surface area contributed by atoms with Gasteiger partial charge in [0.2, 0.25) is 0 Å². The monoisotopic (exact) mass is 325 g/mol. The van der Waals surface area contributed by atoms with Gasteiger partial charge in [-0.2, -0.15) is 0 Å². The first-order valence-corrected chi connectivity index (χ1v) is 8.22. The molecule has 0 radical (unpaired) electrons. The van der Waals surface area contributed by atoms with E-state index in [1.807, 2.05) is 31.2 Å². The van der Waals surface area contributed by atoms with Crippen LogP contribution >= 0.6 is 0 Å². The molecule has 0 fully saturated rings. The zero-order valence-electron chi connectivity index (χ0n) is 13.6. The highest BCUT2D eigenvalue weighted by Crippen LogP contribution is 2.44. The summed E-state index contributed by atoms with van der Waals surface area (Å²) in [5, 5.41) is 14.2. The van der Waals surface area contributed by atoms with E-state index in [1.165, 1.54) is 12.1 Å². The average molecular weight is 325 g/mol. The first-order valence-electron chi connectivity index (χ1n) is 8.22. The number of aliphatic hydroxyl groups excluding tert-OH is 1. The van der Waals surface area contributed by atoms with E-state index in [9.17, 15) is 9.50 Å². The van der Waals surface area contributed by atoms with Crippen molar-refractivity contribution in [2.24, 2.45) is 5.11 Å². The minimum atomic E-state index is -0.523. The van der Waals surface area contributed by atoms with Crippen LogP contribution in [0.5, 0.6) is 0 Å². The first-order chi connectivity index (χ1) is 11.6. The van der Waals surface area contributed by atoms with Gasteiger partial charge in [0.1, 0.15) is 5.82 Å². The second-order valence-corrected chi connectivity index (χ2v) is 6.27. The number of halogens is 1. The van der Waals surface area contributed by atoms with Crippen molar-refractivity contribution in [2.45, 2.75) is 44.2 Å². The predicted molar refractivity (Wildman–Crippen MR) is 91.2 cm³/mol. The van der Waals surface area contributed by atoms with Crippen LogP contribution < -0.4 is 0 Å². The number of fused-ring (bicyclic) bond motifs is 2. The molecule has 0 bridgehead atoms. The molecule has 124 valence electrons. The molecule has 1 N–H and O–H groups in total. The Labute approximate surface area is 140 Å². The van der Waals surface area contributed by atoms with Crippen LogP contribution in [0.2, 0.25) is 0 Å². The maximum atomic E-state index is 13.8. The number of hydrogen-bond acceptors (Lipinski definition) is 2. The smallest absolute Gasteiger partial charge is 0.123 e. The van der Waals surface area contributed by atoms with Crippen LogP contribution in [0.25, 0.3) is 10.4 Å². The maximum absolute atomic E-state index is 13.8. The molecular formula is C19H20FN3O. The third-order valence-electron chi connectivity index (χ3n) is 4.82. The normalized spacial score (nSPS) is 20.3. The van der Waals surface area contributed by atoms with E-state index >= 15 is 0 Å². The standard InChI is InChI=1S/C19H20FN3O/c1-2-15(24)11-18-16-6-4-3-5-12(16)9-13-7-8-14(20)10-17(13)19(18)22-23-21/h3-8,10,15,18-19,24H,2,9,11H2,1H3/t15-,18+,19-/m0/s1. The molecule has 0 heterocycles.